The van der Waals surface area contributed by atoms with Crippen molar-refractivity contribution in [3.63, 3.8) is 0 Å². The van der Waals surface area contributed by atoms with E-state index < -0.39 is 0 Å². The normalized spacial score (nSPS) is 12.1. The monoisotopic (exact) mass is 430 g/mol. The Morgan fingerprint density at radius 1 is 0.469 bits per heavy atom. The van der Waals surface area contributed by atoms with Crippen molar-refractivity contribution in [1.29, 1.82) is 0 Å². The zero-order valence-corrected chi connectivity index (χ0v) is 18.1. The van der Waals surface area contributed by atoms with Gasteiger partial charge in [-0.1, -0.05) is 0 Å². The summed E-state index contributed by atoms with van der Waals surface area (Å²) in [6.07, 6.45) is 7.54. The first-order chi connectivity index (χ1) is 15.7. The van der Waals surface area contributed by atoms with E-state index in [1.54, 1.807) is 28.4 Å². The highest BCUT2D eigenvalue weighted by atomic mass is 16.5. The summed E-state index contributed by atoms with van der Waals surface area (Å²) >= 11 is 0. The highest BCUT2D eigenvalue weighted by Gasteiger charge is 2.17. The van der Waals surface area contributed by atoms with Crippen LogP contribution in [0.3, 0.4) is 0 Å². The second-order valence-corrected chi connectivity index (χ2v) is 7.14. The molecule has 0 atom stereocenters. The predicted molar refractivity (Wildman–Crippen MR) is 125 cm³/mol. The topological polar surface area (TPSA) is 94.3 Å². The Balaban J connectivity index is 1.98. The van der Waals surface area contributed by atoms with Gasteiger partial charge >= 0.3 is 0 Å². The summed E-state index contributed by atoms with van der Waals surface area (Å²) in [5.74, 6) is 2.44. The third-order valence-electron chi connectivity index (χ3n) is 5.38. The van der Waals surface area contributed by atoms with Crippen molar-refractivity contribution in [3.8, 4) is 23.0 Å². The minimum Gasteiger partial charge on any atom is -0.492 e. The first kappa shape index (κ1) is 19.7. The largest absolute Gasteiger partial charge is 0.492 e. The van der Waals surface area contributed by atoms with Gasteiger partial charge in [0.25, 0.3) is 0 Å². The lowest BCUT2D eigenvalue weighted by atomic mass is 10.3. The molecule has 3 aromatic heterocycles. The first-order valence-corrected chi connectivity index (χ1v) is 9.99. The molecule has 0 saturated heterocycles. The molecule has 8 nitrogen and oxygen atoms in total. The van der Waals surface area contributed by atoms with Crippen molar-refractivity contribution in [1.82, 2.24) is 19.9 Å². The van der Waals surface area contributed by atoms with Gasteiger partial charge in [-0.3, -0.25) is 0 Å². The second-order valence-electron chi connectivity index (χ2n) is 7.14. The quantitative estimate of drug-likeness (QED) is 0.430. The fraction of sp³-hybridized carbons (Fsp3) is 0.167. The molecule has 32 heavy (non-hydrogen) atoms. The number of aromatic nitrogens is 4. The molecule has 5 rings (SSSR count). The Kier molecular flexibility index (Phi) is 4.82. The van der Waals surface area contributed by atoms with Gasteiger partial charge in [0.15, 0.2) is 23.0 Å². The van der Waals surface area contributed by atoms with Gasteiger partial charge in [0, 0.05) is 0 Å². The summed E-state index contributed by atoms with van der Waals surface area (Å²) in [6.45, 7) is 0. The highest BCUT2D eigenvalue weighted by Crippen LogP contribution is 2.35. The Morgan fingerprint density at radius 3 is 1.12 bits per heavy atom. The van der Waals surface area contributed by atoms with E-state index in [0.29, 0.717) is 45.8 Å². The fourth-order valence-electron chi connectivity index (χ4n) is 3.96. The van der Waals surface area contributed by atoms with E-state index >= 15 is 0 Å². The third-order valence-corrected chi connectivity index (χ3v) is 5.38. The van der Waals surface area contributed by atoms with E-state index in [1.807, 2.05) is 48.6 Å². The standard InChI is InChI=1S/C24H22N4O4/c1-29-21-13-5-7-15(25-13)22(30-2)17-9-11-19(27-17)24(32-4)20-12-10-18(28-20)23(31-3)16-8-6-14(21)26-16/h5-12,25-26H,1-4H3. The number of aromatic amines is 2. The molecule has 162 valence electrons. The first-order valence-electron chi connectivity index (χ1n) is 9.99. The Labute approximate surface area is 184 Å². The maximum absolute atomic E-state index is 5.72. The van der Waals surface area contributed by atoms with Gasteiger partial charge in [-0.25, -0.2) is 9.97 Å². The van der Waals surface area contributed by atoms with Crippen LogP contribution in [0.25, 0.3) is 46.4 Å². The molecule has 0 radical (unpaired) electrons. The summed E-state index contributed by atoms with van der Waals surface area (Å²) < 4.78 is 22.8. The van der Waals surface area contributed by atoms with Crippen LogP contribution < -0.4 is 18.9 Å². The molecule has 0 saturated carbocycles. The number of nitrogens with one attached hydrogen (secondary N) is 2. The van der Waals surface area contributed by atoms with Crippen LogP contribution in [0.5, 0.6) is 23.0 Å². The zero-order valence-electron chi connectivity index (χ0n) is 18.1. The van der Waals surface area contributed by atoms with Gasteiger partial charge in [-0.05, 0) is 48.6 Å². The molecular weight excluding hydrogens is 408 g/mol. The van der Waals surface area contributed by atoms with Crippen LogP contribution in [0, 0.1) is 0 Å². The molecular formula is C24H22N4O4. The average Bonchev–Trinajstić information content (AvgIpc) is 3.59. The van der Waals surface area contributed by atoms with Crippen molar-refractivity contribution in [2.45, 2.75) is 0 Å². The van der Waals surface area contributed by atoms with Gasteiger partial charge in [-0.2, -0.15) is 0 Å². The molecule has 0 unspecified atom stereocenters. The van der Waals surface area contributed by atoms with Crippen LogP contribution in [-0.2, 0) is 0 Å². The van der Waals surface area contributed by atoms with Crippen LogP contribution in [-0.4, -0.2) is 48.4 Å². The summed E-state index contributed by atoms with van der Waals surface area (Å²) in [7, 11) is 6.48. The van der Waals surface area contributed by atoms with Crippen molar-refractivity contribution in [3.05, 3.63) is 47.0 Å². The Hall–Kier alpha value is -4.20. The van der Waals surface area contributed by atoms with E-state index in [2.05, 4.69) is 9.97 Å². The number of hydrogen-bond acceptors (Lipinski definition) is 6. The van der Waals surface area contributed by atoms with Gasteiger partial charge < -0.3 is 28.9 Å². The molecule has 0 aromatic carbocycles. The number of rotatable bonds is 4. The van der Waals surface area contributed by atoms with Crippen molar-refractivity contribution in [2.24, 2.45) is 0 Å². The summed E-state index contributed by atoms with van der Waals surface area (Å²) in [6, 6.07) is 7.74. The number of fused-ring (bicyclic) bond motifs is 8. The van der Waals surface area contributed by atoms with Crippen LogP contribution in [0.1, 0.15) is 22.8 Å². The third kappa shape index (κ3) is 3.08. The molecule has 2 N–H and O–H groups in total. The number of methoxy groups -OCH3 is 4. The second kappa shape index (κ2) is 7.81. The lowest BCUT2D eigenvalue weighted by molar-refractivity contribution is 0.408. The van der Waals surface area contributed by atoms with Crippen LogP contribution in [0.15, 0.2) is 24.3 Å². The minimum absolute atomic E-state index is 0.565. The smallest absolute Gasteiger partial charge is 0.170 e. The number of ether oxygens (including phenoxy) is 4. The van der Waals surface area contributed by atoms with Gasteiger partial charge in [0.05, 0.1) is 50.5 Å². The molecule has 3 aromatic rings. The van der Waals surface area contributed by atoms with Crippen LogP contribution in [0.2, 0.25) is 0 Å². The molecule has 5 heterocycles. The molecule has 2 aliphatic heterocycles. The predicted octanol–water partition coefficient (Wildman–Crippen LogP) is 4.69. The number of hydrogen-bond donors (Lipinski definition) is 2. The van der Waals surface area contributed by atoms with E-state index in [0.717, 1.165) is 22.1 Å². The van der Waals surface area contributed by atoms with Crippen LogP contribution in [0.4, 0.5) is 0 Å². The maximum atomic E-state index is 5.72. The van der Waals surface area contributed by atoms with E-state index in [1.165, 1.54) is 0 Å². The zero-order chi connectivity index (χ0) is 22.2. The molecule has 2 aliphatic rings. The SMILES string of the molecule is COc1c2nc(c(OC)c3ccc([nH]3)c(OC)c3ccc([nH]3)c(OC)c3nc1C=C3)C=C2. The lowest BCUT2D eigenvalue weighted by Crippen LogP contribution is -1.92. The summed E-state index contributed by atoms with van der Waals surface area (Å²) in [5, 5.41) is 0. The van der Waals surface area contributed by atoms with E-state index in [-0.39, 0.29) is 0 Å². The maximum Gasteiger partial charge on any atom is 0.170 e. The molecule has 0 amide bonds. The molecule has 0 spiro atoms. The van der Waals surface area contributed by atoms with Crippen molar-refractivity contribution in [2.75, 3.05) is 28.4 Å². The fourth-order valence-corrected chi connectivity index (χ4v) is 3.96. The molecule has 8 bridgehead atoms. The van der Waals surface area contributed by atoms with Gasteiger partial charge in [-0.15, -0.1) is 0 Å². The van der Waals surface area contributed by atoms with Gasteiger partial charge in [0.1, 0.15) is 22.8 Å². The minimum atomic E-state index is 0.565. The van der Waals surface area contributed by atoms with Crippen LogP contribution >= 0.6 is 0 Å². The van der Waals surface area contributed by atoms with E-state index in [4.69, 9.17) is 28.9 Å². The summed E-state index contributed by atoms with van der Waals surface area (Å²) in [4.78, 5) is 16.2. The molecule has 8 heteroatoms. The molecule has 0 fully saturated rings. The average molecular weight is 430 g/mol. The Bertz CT molecular complexity index is 1330. The Morgan fingerprint density at radius 2 is 0.781 bits per heavy atom. The van der Waals surface area contributed by atoms with Crippen molar-refractivity contribution < 1.29 is 18.9 Å². The highest BCUT2D eigenvalue weighted by molar-refractivity contribution is 5.87. The number of nitrogens with zero attached hydrogens (tertiary/aromatic N) is 2. The van der Waals surface area contributed by atoms with Crippen molar-refractivity contribution >= 4 is 46.4 Å². The summed E-state index contributed by atoms with van der Waals surface area (Å²) in [5.41, 5.74) is 5.80. The number of H-pyrrole nitrogens is 2. The molecule has 0 aliphatic carbocycles. The lowest BCUT2D eigenvalue weighted by Gasteiger charge is -2.03. The van der Waals surface area contributed by atoms with Gasteiger partial charge in [0.2, 0.25) is 0 Å². The van der Waals surface area contributed by atoms with E-state index in [9.17, 15) is 0 Å².